The van der Waals surface area contributed by atoms with E-state index in [-0.39, 0.29) is 19.4 Å². The van der Waals surface area contributed by atoms with E-state index in [0.29, 0.717) is 12.2 Å². The SMILES string of the molecule is [2H]CCn1cc(Cn2ccnc2[N+](=O)[O-])nn1. The average Bonchev–Trinajstić information content (AvgIpc) is 2.89. The molecular formula is C8H10N6O2. The first-order valence-corrected chi connectivity index (χ1v) is 4.54. The smallest absolute Gasteiger partial charge is 0.390 e. The molecule has 0 N–H and O–H groups in total. The van der Waals surface area contributed by atoms with Gasteiger partial charge in [0, 0.05) is 7.92 Å². The van der Waals surface area contributed by atoms with Gasteiger partial charge in [-0.25, -0.2) is 4.57 Å². The minimum Gasteiger partial charge on any atom is -0.390 e. The zero-order chi connectivity index (χ0) is 12.3. The van der Waals surface area contributed by atoms with E-state index in [9.17, 15) is 10.1 Å². The molecule has 8 heteroatoms. The van der Waals surface area contributed by atoms with Crippen LogP contribution in [0.5, 0.6) is 0 Å². The van der Waals surface area contributed by atoms with Gasteiger partial charge in [-0.3, -0.25) is 4.68 Å². The van der Waals surface area contributed by atoms with Crippen LogP contribution in [0, 0.1) is 10.1 Å². The van der Waals surface area contributed by atoms with E-state index < -0.39 is 4.92 Å². The van der Waals surface area contributed by atoms with E-state index in [0.717, 1.165) is 0 Å². The summed E-state index contributed by atoms with van der Waals surface area (Å²) in [4.78, 5) is 13.7. The van der Waals surface area contributed by atoms with Gasteiger partial charge in [0.2, 0.25) is 0 Å². The van der Waals surface area contributed by atoms with Crippen molar-refractivity contribution in [3.63, 3.8) is 0 Å². The number of rotatable bonds is 4. The third-order valence-electron chi connectivity index (χ3n) is 2.00. The first-order valence-electron chi connectivity index (χ1n) is 5.25. The average molecular weight is 223 g/mol. The standard InChI is InChI=1S/C8H10N6O2/c1-2-13-6-7(10-11-13)5-12-4-3-9-8(12)14(15)16/h3-4,6H,2,5H2,1H3/i1D. The summed E-state index contributed by atoms with van der Waals surface area (Å²) in [5.74, 6) is -0.222. The van der Waals surface area contributed by atoms with Gasteiger partial charge in [0.15, 0.2) is 0 Å². The molecule has 0 aliphatic heterocycles. The van der Waals surface area contributed by atoms with Crippen LogP contribution in [0.15, 0.2) is 18.6 Å². The zero-order valence-corrected chi connectivity index (χ0v) is 8.35. The molecule has 0 aliphatic carbocycles. The van der Waals surface area contributed by atoms with Crippen LogP contribution in [-0.2, 0) is 13.1 Å². The third kappa shape index (κ3) is 1.90. The highest BCUT2D eigenvalue weighted by Crippen LogP contribution is 2.09. The van der Waals surface area contributed by atoms with E-state index in [1.54, 1.807) is 6.20 Å². The van der Waals surface area contributed by atoms with Crippen molar-refractivity contribution in [3.8, 4) is 0 Å². The molecule has 0 atom stereocenters. The van der Waals surface area contributed by atoms with Crippen LogP contribution in [0.25, 0.3) is 0 Å². The zero-order valence-electron chi connectivity index (χ0n) is 9.35. The molecule has 0 unspecified atom stereocenters. The lowest BCUT2D eigenvalue weighted by Gasteiger charge is -1.97. The van der Waals surface area contributed by atoms with Gasteiger partial charge in [0.05, 0.1) is 6.20 Å². The van der Waals surface area contributed by atoms with Crippen molar-refractivity contribution in [1.82, 2.24) is 24.5 Å². The minimum atomic E-state index is -0.547. The van der Waals surface area contributed by atoms with Crippen molar-refractivity contribution < 1.29 is 6.29 Å². The molecule has 0 spiro atoms. The maximum atomic E-state index is 10.6. The Morgan fingerprint density at radius 2 is 2.56 bits per heavy atom. The molecule has 16 heavy (non-hydrogen) atoms. The molecule has 0 bridgehead atoms. The number of aryl methyl sites for hydroxylation is 1. The van der Waals surface area contributed by atoms with Crippen molar-refractivity contribution in [2.45, 2.75) is 20.0 Å². The Morgan fingerprint density at radius 1 is 1.69 bits per heavy atom. The highest BCUT2D eigenvalue weighted by molar-refractivity contribution is 5.09. The number of imidazole rings is 1. The monoisotopic (exact) mass is 223 g/mol. The molecule has 0 fully saturated rings. The molecule has 0 saturated heterocycles. The molecule has 8 nitrogen and oxygen atoms in total. The molecule has 0 saturated carbocycles. The van der Waals surface area contributed by atoms with Gasteiger partial charge in [-0.2, -0.15) is 0 Å². The number of nitro groups is 1. The van der Waals surface area contributed by atoms with Crippen LogP contribution in [0.3, 0.4) is 0 Å². The lowest BCUT2D eigenvalue weighted by Crippen LogP contribution is -2.04. The molecule has 0 amide bonds. The van der Waals surface area contributed by atoms with E-state index in [4.69, 9.17) is 1.37 Å². The Hall–Kier alpha value is -2.25. The summed E-state index contributed by atoms with van der Waals surface area (Å²) in [5, 5.41) is 18.3. The van der Waals surface area contributed by atoms with Gasteiger partial charge in [-0.05, 0) is 11.8 Å². The summed E-state index contributed by atoms with van der Waals surface area (Å²) < 4.78 is 9.96. The molecular weight excluding hydrogens is 212 g/mol. The number of hydrogen-bond donors (Lipinski definition) is 0. The van der Waals surface area contributed by atoms with E-state index in [1.165, 1.54) is 21.6 Å². The molecule has 2 heterocycles. The van der Waals surface area contributed by atoms with Crippen molar-refractivity contribution in [2.75, 3.05) is 0 Å². The maximum absolute atomic E-state index is 10.6. The van der Waals surface area contributed by atoms with Gasteiger partial charge in [-0.1, -0.05) is 10.2 Å². The fourth-order valence-electron chi connectivity index (χ4n) is 1.29. The Morgan fingerprint density at radius 3 is 3.31 bits per heavy atom. The lowest BCUT2D eigenvalue weighted by molar-refractivity contribution is -0.396. The second kappa shape index (κ2) is 4.09. The normalized spacial score (nSPS) is 11.4. The highest BCUT2D eigenvalue weighted by atomic mass is 16.6. The van der Waals surface area contributed by atoms with Gasteiger partial charge in [0.1, 0.15) is 24.6 Å². The fourth-order valence-corrected chi connectivity index (χ4v) is 1.29. The summed E-state index contributed by atoms with van der Waals surface area (Å²) in [7, 11) is 0. The Kier molecular flexibility index (Phi) is 2.30. The van der Waals surface area contributed by atoms with Crippen LogP contribution >= 0.6 is 0 Å². The fraction of sp³-hybridized carbons (Fsp3) is 0.375. The second-order valence-electron chi connectivity index (χ2n) is 3.09. The summed E-state index contributed by atoms with van der Waals surface area (Å²) in [6, 6.07) is 0. The van der Waals surface area contributed by atoms with Crippen molar-refractivity contribution in [1.29, 1.82) is 0 Å². The van der Waals surface area contributed by atoms with E-state index in [1.807, 2.05) is 0 Å². The molecule has 0 aromatic carbocycles. The molecule has 84 valence electrons. The minimum absolute atomic E-state index is 0.216. The van der Waals surface area contributed by atoms with Crippen LogP contribution in [0.4, 0.5) is 5.95 Å². The second-order valence-corrected chi connectivity index (χ2v) is 3.09. The largest absolute Gasteiger partial charge is 0.434 e. The topological polar surface area (TPSA) is 91.7 Å². The number of hydrogen-bond acceptors (Lipinski definition) is 5. The van der Waals surface area contributed by atoms with Crippen molar-refractivity contribution in [3.05, 3.63) is 34.4 Å². The van der Waals surface area contributed by atoms with E-state index >= 15 is 0 Å². The predicted molar refractivity (Wildman–Crippen MR) is 53.7 cm³/mol. The highest BCUT2D eigenvalue weighted by Gasteiger charge is 2.15. The quantitative estimate of drug-likeness (QED) is 0.554. The van der Waals surface area contributed by atoms with Gasteiger partial charge in [0.25, 0.3) is 0 Å². The molecule has 2 aromatic heterocycles. The first kappa shape index (κ1) is 9.01. The Labute approximate surface area is 92.1 Å². The molecule has 0 aliphatic rings. The number of aromatic nitrogens is 5. The summed E-state index contributed by atoms with van der Waals surface area (Å²) in [6.45, 7) is 0.918. The van der Waals surface area contributed by atoms with Gasteiger partial charge in [-0.15, -0.1) is 5.10 Å². The van der Waals surface area contributed by atoms with Gasteiger partial charge >= 0.3 is 5.95 Å². The van der Waals surface area contributed by atoms with Crippen LogP contribution < -0.4 is 0 Å². The summed E-state index contributed by atoms with van der Waals surface area (Å²) >= 11 is 0. The Balaban J connectivity index is 2.14. The predicted octanol–water partition coefficient (Wildman–Crippen LogP) is 0.451. The molecule has 0 radical (unpaired) electrons. The summed E-state index contributed by atoms with van der Waals surface area (Å²) in [6.07, 6.45) is 4.55. The van der Waals surface area contributed by atoms with E-state index in [2.05, 4.69) is 15.3 Å². The van der Waals surface area contributed by atoms with Gasteiger partial charge < -0.3 is 10.1 Å². The Bertz CT molecular complexity index is 522. The first-order chi connectivity index (χ1) is 8.20. The molecule has 2 rings (SSSR count). The van der Waals surface area contributed by atoms with Crippen LogP contribution in [-0.4, -0.2) is 29.5 Å². The molecule has 2 aromatic rings. The summed E-state index contributed by atoms with van der Waals surface area (Å²) in [5.41, 5.74) is 0.597. The van der Waals surface area contributed by atoms with Crippen molar-refractivity contribution >= 4 is 5.95 Å². The number of nitrogens with zero attached hydrogens (tertiary/aromatic N) is 6. The third-order valence-corrected chi connectivity index (χ3v) is 2.00. The van der Waals surface area contributed by atoms with Crippen LogP contribution in [0.1, 0.15) is 14.0 Å². The lowest BCUT2D eigenvalue weighted by atomic mass is 10.4. The van der Waals surface area contributed by atoms with Crippen LogP contribution in [0.2, 0.25) is 0 Å². The van der Waals surface area contributed by atoms with Crippen molar-refractivity contribution in [2.24, 2.45) is 0 Å². The maximum Gasteiger partial charge on any atom is 0.434 e.